The van der Waals surface area contributed by atoms with Crippen molar-refractivity contribution < 1.29 is 26.4 Å². The quantitative estimate of drug-likeness (QED) is 0.884. The van der Waals surface area contributed by atoms with Crippen molar-refractivity contribution in [2.75, 3.05) is 19.4 Å². The predicted molar refractivity (Wildman–Crippen MR) is 83.5 cm³/mol. The van der Waals surface area contributed by atoms with Crippen LogP contribution in [0.2, 0.25) is 0 Å². The van der Waals surface area contributed by atoms with Crippen LogP contribution in [0, 0.1) is 0 Å². The molecule has 0 saturated heterocycles. The average Bonchev–Trinajstić information content (AvgIpc) is 2.90. The summed E-state index contributed by atoms with van der Waals surface area (Å²) in [5, 5.41) is 5.65. The van der Waals surface area contributed by atoms with Gasteiger partial charge in [-0.2, -0.15) is 18.3 Å². The van der Waals surface area contributed by atoms with E-state index in [1.165, 1.54) is 45.4 Å². The molecule has 2 rings (SSSR count). The fourth-order valence-electron chi connectivity index (χ4n) is 1.93. The van der Waals surface area contributed by atoms with Gasteiger partial charge < -0.3 is 5.32 Å². The molecule has 136 valence electrons. The Morgan fingerprint density at radius 2 is 1.76 bits per heavy atom. The standard InChI is InChI=1S/C14H15F3N4O3S/c1-20(2)25(23,24)10-6-4-9(5-7-10)18-13(22)11-8-12(14(15,16)17)19-21(11)3/h4-8H,1-3H3,(H,18,22). The molecule has 2 aromatic rings. The van der Waals surface area contributed by atoms with E-state index in [0.717, 1.165) is 8.99 Å². The monoisotopic (exact) mass is 376 g/mol. The molecular formula is C14H15F3N4O3S. The van der Waals surface area contributed by atoms with E-state index in [4.69, 9.17) is 0 Å². The summed E-state index contributed by atoms with van der Waals surface area (Å²) >= 11 is 0. The first-order chi connectivity index (χ1) is 11.4. The number of nitrogens with zero attached hydrogens (tertiary/aromatic N) is 3. The van der Waals surface area contributed by atoms with Gasteiger partial charge in [0, 0.05) is 32.9 Å². The van der Waals surface area contributed by atoms with Crippen LogP contribution in [0.25, 0.3) is 0 Å². The Bertz CT molecular complexity index is 887. The second kappa shape index (κ2) is 6.48. The van der Waals surface area contributed by atoms with Gasteiger partial charge in [0.15, 0.2) is 5.69 Å². The van der Waals surface area contributed by atoms with Gasteiger partial charge in [-0.15, -0.1) is 0 Å². The van der Waals surface area contributed by atoms with Crippen molar-refractivity contribution >= 4 is 21.6 Å². The lowest BCUT2D eigenvalue weighted by Crippen LogP contribution is -2.22. The first-order valence-corrected chi connectivity index (χ1v) is 8.32. The van der Waals surface area contributed by atoms with Gasteiger partial charge in [0.05, 0.1) is 4.90 Å². The summed E-state index contributed by atoms with van der Waals surface area (Å²) in [6.07, 6.45) is -4.65. The highest BCUT2D eigenvalue weighted by Crippen LogP contribution is 2.28. The molecule has 0 radical (unpaired) electrons. The van der Waals surface area contributed by atoms with Crippen LogP contribution in [0.3, 0.4) is 0 Å². The van der Waals surface area contributed by atoms with Crippen LogP contribution < -0.4 is 5.32 Å². The fraction of sp³-hybridized carbons (Fsp3) is 0.286. The summed E-state index contributed by atoms with van der Waals surface area (Å²) in [5.41, 5.74) is -1.22. The third kappa shape index (κ3) is 3.99. The summed E-state index contributed by atoms with van der Waals surface area (Å²) in [4.78, 5) is 12.1. The minimum absolute atomic E-state index is 0.0235. The van der Waals surface area contributed by atoms with Crippen LogP contribution >= 0.6 is 0 Å². The maximum absolute atomic E-state index is 12.6. The van der Waals surface area contributed by atoms with Gasteiger partial charge in [-0.1, -0.05) is 0 Å². The molecule has 0 spiro atoms. The van der Waals surface area contributed by atoms with Crippen LogP contribution in [0.15, 0.2) is 35.2 Å². The number of hydrogen-bond acceptors (Lipinski definition) is 4. The third-order valence-electron chi connectivity index (χ3n) is 3.29. The summed E-state index contributed by atoms with van der Waals surface area (Å²) in [6, 6.07) is 5.90. The van der Waals surface area contributed by atoms with Crippen molar-refractivity contribution in [1.29, 1.82) is 0 Å². The molecule has 1 aromatic carbocycles. The van der Waals surface area contributed by atoms with E-state index in [9.17, 15) is 26.4 Å². The van der Waals surface area contributed by atoms with Crippen LogP contribution in [-0.2, 0) is 23.2 Å². The van der Waals surface area contributed by atoms with Crippen molar-refractivity contribution in [3.8, 4) is 0 Å². The molecule has 25 heavy (non-hydrogen) atoms. The number of hydrogen-bond donors (Lipinski definition) is 1. The molecule has 1 heterocycles. The average molecular weight is 376 g/mol. The smallest absolute Gasteiger partial charge is 0.321 e. The van der Waals surface area contributed by atoms with Crippen molar-refractivity contribution in [3.63, 3.8) is 0 Å². The number of aromatic nitrogens is 2. The molecule has 0 atom stereocenters. The van der Waals surface area contributed by atoms with Gasteiger partial charge in [-0.25, -0.2) is 12.7 Å². The highest BCUT2D eigenvalue weighted by atomic mass is 32.2. The fourth-order valence-corrected chi connectivity index (χ4v) is 2.84. The Morgan fingerprint density at radius 1 is 1.20 bits per heavy atom. The summed E-state index contributed by atoms with van der Waals surface area (Å²) in [6.45, 7) is 0. The first kappa shape index (κ1) is 18.9. The molecule has 0 aliphatic heterocycles. The van der Waals surface area contributed by atoms with Gasteiger partial charge in [0.25, 0.3) is 5.91 Å². The Morgan fingerprint density at radius 3 is 2.20 bits per heavy atom. The van der Waals surface area contributed by atoms with Gasteiger partial charge in [0.1, 0.15) is 5.69 Å². The minimum atomic E-state index is -4.65. The molecule has 11 heteroatoms. The zero-order valence-electron chi connectivity index (χ0n) is 13.5. The number of nitrogens with one attached hydrogen (secondary N) is 1. The van der Waals surface area contributed by atoms with Crippen molar-refractivity contribution in [3.05, 3.63) is 41.7 Å². The van der Waals surface area contributed by atoms with Gasteiger partial charge in [-0.05, 0) is 24.3 Å². The molecule has 0 aliphatic rings. The summed E-state index contributed by atoms with van der Waals surface area (Å²) in [7, 11) is 0.368. The van der Waals surface area contributed by atoms with E-state index < -0.39 is 27.8 Å². The molecule has 1 N–H and O–H groups in total. The molecular weight excluding hydrogens is 361 g/mol. The maximum Gasteiger partial charge on any atom is 0.435 e. The molecule has 7 nitrogen and oxygen atoms in total. The van der Waals surface area contributed by atoms with Crippen LogP contribution in [0.1, 0.15) is 16.2 Å². The summed E-state index contributed by atoms with van der Waals surface area (Å²) < 4.78 is 63.6. The van der Waals surface area contributed by atoms with Gasteiger partial charge in [0.2, 0.25) is 10.0 Å². The number of amides is 1. The minimum Gasteiger partial charge on any atom is -0.321 e. The van der Waals surface area contributed by atoms with E-state index in [-0.39, 0.29) is 16.3 Å². The normalized spacial score (nSPS) is 12.4. The number of benzene rings is 1. The zero-order chi connectivity index (χ0) is 19.0. The van der Waals surface area contributed by atoms with Gasteiger partial charge >= 0.3 is 6.18 Å². The second-order valence-corrected chi connectivity index (χ2v) is 7.45. The lowest BCUT2D eigenvalue weighted by molar-refractivity contribution is -0.141. The van der Waals surface area contributed by atoms with E-state index in [1.807, 2.05) is 0 Å². The maximum atomic E-state index is 12.6. The van der Waals surface area contributed by atoms with E-state index in [2.05, 4.69) is 10.4 Å². The van der Waals surface area contributed by atoms with Gasteiger partial charge in [-0.3, -0.25) is 9.48 Å². The molecule has 0 bridgehead atoms. The lowest BCUT2D eigenvalue weighted by atomic mass is 10.3. The van der Waals surface area contributed by atoms with E-state index >= 15 is 0 Å². The predicted octanol–water partition coefficient (Wildman–Crippen LogP) is 1.94. The van der Waals surface area contributed by atoms with Crippen molar-refractivity contribution in [2.24, 2.45) is 7.05 Å². The first-order valence-electron chi connectivity index (χ1n) is 6.88. The Balaban J connectivity index is 2.21. The van der Waals surface area contributed by atoms with Crippen LogP contribution in [0.4, 0.5) is 18.9 Å². The third-order valence-corrected chi connectivity index (χ3v) is 5.12. The highest BCUT2D eigenvalue weighted by molar-refractivity contribution is 7.89. The largest absolute Gasteiger partial charge is 0.435 e. The molecule has 1 aromatic heterocycles. The highest BCUT2D eigenvalue weighted by Gasteiger charge is 2.35. The topological polar surface area (TPSA) is 84.3 Å². The van der Waals surface area contributed by atoms with Crippen LogP contribution in [0.5, 0.6) is 0 Å². The number of aryl methyl sites for hydroxylation is 1. The molecule has 1 amide bonds. The van der Waals surface area contributed by atoms with E-state index in [0.29, 0.717) is 6.07 Å². The zero-order valence-corrected chi connectivity index (χ0v) is 14.3. The number of anilines is 1. The number of rotatable bonds is 4. The Kier molecular flexibility index (Phi) is 4.91. The second-order valence-electron chi connectivity index (χ2n) is 5.30. The summed E-state index contributed by atoms with van der Waals surface area (Å²) in [5.74, 6) is -0.797. The number of alkyl halides is 3. The molecule has 0 saturated carbocycles. The number of halogens is 3. The Labute approximate surface area is 142 Å². The molecule has 0 fully saturated rings. The SMILES string of the molecule is CN(C)S(=O)(=O)c1ccc(NC(=O)c2cc(C(F)(F)F)nn2C)cc1. The number of sulfonamides is 1. The molecule has 0 aliphatic carbocycles. The number of carbonyl (C=O) groups is 1. The van der Waals surface area contributed by atoms with Crippen LogP contribution in [-0.4, -0.2) is 42.5 Å². The van der Waals surface area contributed by atoms with Crippen molar-refractivity contribution in [2.45, 2.75) is 11.1 Å². The molecule has 0 unspecified atom stereocenters. The lowest BCUT2D eigenvalue weighted by Gasteiger charge is -2.12. The van der Waals surface area contributed by atoms with E-state index in [1.54, 1.807) is 0 Å². The Hall–Kier alpha value is -2.40. The number of carbonyl (C=O) groups excluding carboxylic acids is 1. The van der Waals surface area contributed by atoms with Crippen molar-refractivity contribution in [1.82, 2.24) is 14.1 Å².